The Bertz CT molecular complexity index is 1240. The molecule has 4 nitrogen and oxygen atoms in total. The predicted molar refractivity (Wildman–Crippen MR) is 136 cm³/mol. The number of benzene rings is 3. The molecule has 1 aromatic heterocycles. The van der Waals surface area contributed by atoms with E-state index in [0.717, 1.165) is 27.8 Å². The van der Waals surface area contributed by atoms with Crippen LogP contribution in [-0.4, -0.2) is 20.0 Å². The molecule has 4 aromatic rings. The molecular formula is C28H28N4S. The Morgan fingerprint density at radius 2 is 1.58 bits per heavy atom. The van der Waals surface area contributed by atoms with Crippen LogP contribution in [0.25, 0.3) is 17.1 Å². The second kappa shape index (κ2) is 9.64. The van der Waals surface area contributed by atoms with Crippen LogP contribution in [0.3, 0.4) is 0 Å². The van der Waals surface area contributed by atoms with Crippen LogP contribution in [0.4, 0.5) is 0 Å². The maximum Gasteiger partial charge on any atom is 0.197 e. The van der Waals surface area contributed by atoms with Gasteiger partial charge in [-0.25, -0.2) is 0 Å². The molecule has 3 aromatic carbocycles. The summed E-state index contributed by atoms with van der Waals surface area (Å²) >= 11 is 1.46. The number of aryl methyl sites for hydroxylation is 1. The van der Waals surface area contributed by atoms with E-state index in [2.05, 4.69) is 97.1 Å². The first-order chi connectivity index (χ1) is 15.8. The largest absolute Gasteiger partial charge is 0.270 e. The van der Waals surface area contributed by atoms with Crippen LogP contribution in [-0.2, 0) is 11.8 Å². The van der Waals surface area contributed by atoms with Crippen molar-refractivity contribution in [1.29, 1.82) is 5.26 Å². The third-order valence-electron chi connectivity index (χ3n) is 5.59. The molecule has 0 amide bonds. The Morgan fingerprint density at radius 1 is 0.909 bits per heavy atom. The summed E-state index contributed by atoms with van der Waals surface area (Å²) in [5.74, 6) is 0.774. The van der Waals surface area contributed by atoms with E-state index in [1.807, 2.05) is 30.3 Å². The molecule has 1 heterocycles. The first-order valence-electron chi connectivity index (χ1n) is 11.1. The van der Waals surface area contributed by atoms with Crippen molar-refractivity contribution in [3.63, 3.8) is 0 Å². The first kappa shape index (κ1) is 22.8. The van der Waals surface area contributed by atoms with E-state index >= 15 is 0 Å². The maximum absolute atomic E-state index is 9.87. The molecule has 1 atom stereocenters. The number of rotatable bonds is 6. The summed E-state index contributed by atoms with van der Waals surface area (Å²) in [7, 11) is 0. The lowest BCUT2D eigenvalue weighted by molar-refractivity contribution is 0.590. The highest BCUT2D eigenvalue weighted by molar-refractivity contribution is 8.00. The van der Waals surface area contributed by atoms with Gasteiger partial charge in [-0.3, -0.25) is 4.57 Å². The van der Waals surface area contributed by atoms with Crippen molar-refractivity contribution >= 4 is 11.8 Å². The third kappa shape index (κ3) is 5.35. The molecule has 0 bridgehead atoms. The molecule has 0 unspecified atom stereocenters. The summed E-state index contributed by atoms with van der Waals surface area (Å²) in [6.07, 6.45) is 0.651. The van der Waals surface area contributed by atoms with Gasteiger partial charge < -0.3 is 0 Å². The lowest BCUT2D eigenvalue weighted by Gasteiger charge is -2.19. The predicted octanol–water partition coefficient (Wildman–Crippen LogP) is 6.77. The maximum atomic E-state index is 9.87. The lowest BCUT2D eigenvalue weighted by atomic mass is 9.87. The van der Waals surface area contributed by atoms with Gasteiger partial charge in [0.2, 0.25) is 0 Å². The molecule has 0 spiro atoms. The summed E-state index contributed by atoms with van der Waals surface area (Å²) in [6.45, 7) is 8.69. The van der Waals surface area contributed by atoms with Gasteiger partial charge in [0.1, 0.15) is 5.25 Å². The van der Waals surface area contributed by atoms with Gasteiger partial charge in [0, 0.05) is 11.3 Å². The van der Waals surface area contributed by atoms with Crippen LogP contribution in [0.1, 0.15) is 37.5 Å². The molecule has 0 saturated carbocycles. The summed E-state index contributed by atoms with van der Waals surface area (Å²) in [4.78, 5) is 0. The van der Waals surface area contributed by atoms with Crippen LogP contribution in [0.15, 0.2) is 84.0 Å². The van der Waals surface area contributed by atoms with Crippen molar-refractivity contribution in [3.8, 4) is 23.1 Å². The minimum Gasteiger partial charge on any atom is -0.270 e. The Balaban J connectivity index is 1.69. The van der Waals surface area contributed by atoms with E-state index in [0.29, 0.717) is 6.42 Å². The van der Waals surface area contributed by atoms with Crippen LogP contribution in [0.5, 0.6) is 0 Å². The minimum absolute atomic E-state index is 0.0860. The number of hydrogen-bond acceptors (Lipinski definition) is 4. The Hall–Kier alpha value is -3.36. The van der Waals surface area contributed by atoms with Gasteiger partial charge in [-0.05, 0) is 42.0 Å². The van der Waals surface area contributed by atoms with Gasteiger partial charge in [0.05, 0.1) is 6.07 Å². The zero-order valence-corrected chi connectivity index (χ0v) is 20.3. The molecule has 0 aliphatic carbocycles. The van der Waals surface area contributed by atoms with Crippen molar-refractivity contribution in [2.45, 2.75) is 49.9 Å². The summed E-state index contributed by atoms with van der Waals surface area (Å²) in [5.41, 5.74) is 5.69. The second-order valence-corrected chi connectivity index (χ2v) is 10.4. The van der Waals surface area contributed by atoms with Gasteiger partial charge in [0.25, 0.3) is 0 Å². The Labute approximate surface area is 200 Å². The van der Waals surface area contributed by atoms with Crippen LogP contribution < -0.4 is 0 Å². The summed E-state index contributed by atoms with van der Waals surface area (Å²) < 4.78 is 2.05. The van der Waals surface area contributed by atoms with E-state index in [4.69, 9.17) is 0 Å². The highest BCUT2D eigenvalue weighted by Crippen LogP contribution is 2.32. The lowest BCUT2D eigenvalue weighted by Crippen LogP contribution is -2.10. The highest BCUT2D eigenvalue weighted by Gasteiger charge is 2.21. The number of aromatic nitrogens is 3. The molecule has 0 aliphatic heterocycles. The molecule has 5 heteroatoms. The fourth-order valence-corrected chi connectivity index (χ4v) is 4.61. The fraction of sp³-hybridized carbons (Fsp3) is 0.250. The van der Waals surface area contributed by atoms with Crippen LogP contribution in [0, 0.1) is 18.3 Å². The third-order valence-corrected chi connectivity index (χ3v) is 6.62. The SMILES string of the molecule is Cc1ccc(C[C@@H](C#N)Sc2nnc(-c3ccc(C(C)(C)C)cc3)n2-c2ccccc2)cc1. The van der Waals surface area contributed by atoms with Crippen LogP contribution >= 0.6 is 11.8 Å². The van der Waals surface area contributed by atoms with Crippen molar-refractivity contribution in [2.75, 3.05) is 0 Å². The van der Waals surface area contributed by atoms with E-state index < -0.39 is 0 Å². The summed E-state index contributed by atoms with van der Waals surface area (Å²) in [5, 5.41) is 19.4. The van der Waals surface area contributed by atoms with Gasteiger partial charge in [0.15, 0.2) is 11.0 Å². The molecular weight excluding hydrogens is 424 g/mol. The van der Waals surface area contributed by atoms with Gasteiger partial charge in [-0.1, -0.05) is 105 Å². The molecule has 4 rings (SSSR count). The van der Waals surface area contributed by atoms with E-state index in [1.54, 1.807) is 0 Å². The van der Waals surface area contributed by atoms with Crippen LogP contribution in [0.2, 0.25) is 0 Å². The highest BCUT2D eigenvalue weighted by atomic mass is 32.2. The molecule has 0 saturated heterocycles. The molecule has 33 heavy (non-hydrogen) atoms. The number of hydrogen-bond donors (Lipinski definition) is 0. The number of thioether (sulfide) groups is 1. The monoisotopic (exact) mass is 452 g/mol. The van der Waals surface area contributed by atoms with E-state index in [-0.39, 0.29) is 10.7 Å². The molecule has 0 fully saturated rings. The van der Waals surface area contributed by atoms with Gasteiger partial charge >= 0.3 is 0 Å². The van der Waals surface area contributed by atoms with Gasteiger partial charge in [-0.15, -0.1) is 10.2 Å². The fourth-order valence-electron chi connectivity index (χ4n) is 3.64. The van der Waals surface area contributed by atoms with E-state index in [1.165, 1.54) is 22.9 Å². The van der Waals surface area contributed by atoms with Crippen molar-refractivity contribution in [2.24, 2.45) is 0 Å². The molecule has 0 N–H and O–H groups in total. The average Bonchev–Trinajstić information content (AvgIpc) is 3.23. The number of para-hydroxylation sites is 1. The average molecular weight is 453 g/mol. The zero-order chi connectivity index (χ0) is 23.4. The Kier molecular flexibility index (Phi) is 6.67. The molecule has 0 aliphatic rings. The van der Waals surface area contributed by atoms with Crippen molar-refractivity contribution < 1.29 is 0 Å². The number of nitriles is 1. The first-order valence-corrected chi connectivity index (χ1v) is 12.0. The zero-order valence-electron chi connectivity index (χ0n) is 19.5. The van der Waals surface area contributed by atoms with E-state index in [9.17, 15) is 5.26 Å². The molecule has 0 radical (unpaired) electrons. The van der Waals surface area contributed by atoms with Gasteiger partial charge in [-0.2, -0.15) is 5.26 Å². The topological polar surface area (TPSA) is 54.5 Å². The quantitative estimate of drug-likeness (QED) is 0.303. The minimum atomic E-state index is -0.268. The van der Waals surface area contributed by atoms with Crippen molar-refractivity contribution in [1.82, 2.24) is 14.8 Å². The smallest absolute Gasteiger partial charge is 0.197 e. The summed E-state index contributed by atoms with van der Waals surface area (Å²) in [6, 6.07) is 29.4. The normalized spacial score (nSPS) is 12.3. The van der Waals surface area contributed by atoms with Crippen molar-refractivity contribution in [3.05, 3.63) is 95.6 Å². The second-order valence-electron chi connectivity index (χ2n) is 9.23. The molecule has 166 valence electrons. The number of nitrogens with zero attached hydrogens (tertiary/aromatic N) is 4. The standard InChI is InChI=1S/C28H28N4S/c1-20-10-12-21(13-11-20)18-25(19-29)33-27-31-30-26(32(27)24-8-6-5-7-9-24)22-14-16-23(17-15-22)28(2,3)4/h5-17,25H,18H2,1-4H3/t25-/m0/s1. The Morgan fingerprint density at radius 3 is 2.18 bits per heavy atom.